The van der Waals surface area contributed by atoms with Gasteiger partial charge in [0.05, 0.1) is 13.7 Å². The van der Waals surface area contributed by atoms with E-state index in [9.17, 15) is 14.0 Å². The summed E-state index contributed by atoms with van der Waals surface area (Å²) in [7, 11) is 1.39. The Bertz CT molecular complexity index is 943. The Hall–Kier alpha value is -2.89. The molecule has 0 bridgehead atoms. The molecule has 1 saturated heterocycles. The number of rotatable bonds is 4. The van der Waals surface area contributed by atoms with Crippen LogP contribution in [0, 0.1) is 5.82 Å². The van der Waals surface area contributed by atoms with Crippen LogP contribution in [0.4, 0.5) is 9.18 Å². The third-order valence-corrected chi connectivity index (χ3v) is 5.51. The van der Waals surface area contributed by atoms with Gasteiger partial charge in [0.15, 0.2) is 11.6 Å². The maximum Gasteiger partial charge on any atom is 0.325 e. The molecule has 6 heteroatoms. The molecule has 2 aromatic carbocycles. The molecular weight excluding hydrogens is 347 g/mol. The first-order valence-electron chi connectivity index (χ1n) is 9.01. The lowest BCUT2D eigenvalue weighted by molar-refractivity contribution is -0.131. The van der Waals surface area contributed by atoms with Crippen molar-refractivity contribution in [3.8, 4) is 5.75 Å². The molecule has 0 spiro atoms. The quantitative estimate of drug-likeness (QED) is 0.843. The van der Waals surface area contributed by atoms with Gasteiger partial charge in [-0.2, -0.15) is 0 Å². The molecule has 140 valence electrons. The molecule has 0 radical (unpaired) electrons. The Labute approximate surface area is 157 Å². The molecule has 2 aromatic rings. The lowest BCUT2D eigenvalue weighted by Crippen LogP contribution is -2.40. The van der Waals surface area contributed by atoms with Gasteiger partial charge in [0, 0.05) is 0 Å². The fraction of sp³-hybridized carbons (Fsp3) is 0.333. The first-order chi connectivity index (χ1) is 12.9. The molecule has 1 aliphatic carbocycles. The minimum absolute atomic E-state index is 0.00606. The average Bonchev–Trinajstić information content (AvgIpc) is 3.20. The number of fused-ring (bicyclic) bond motifs is 1. The van der Waals surface area contributed by atoms with Crippen LogP contribution in [0.3, 0.4) is 0 Å². The number of hydrogen-bond donors (Lipinski definition) is 1. The van der Waals surface area contributed by atoms with Crippen molar-refractivity contribution < 1.29 is 18.7 Å². The van der Waals surface area contributed by atoms with Crippen molar-refractivity contribution in [2.45, 2.75) is 38.3 Å². The Morgan fingerprint density at radius 1 is 1.15 bits per heavy atom. The maximum absolute atomic E-state index is 13.9. The number of hydrogen-bond acceptors (Lipinski definition) is 3. The van der Waals surface area contributed by atoms with Crippen molar-refractivity contribution in [3.05, 3.63) is 64.5 Å². The normalized spacial score (nSPS) is 21.4. The van der Waals surface area contributed by atoms with Crippen LogP contribution in [-0.2, 0) is 29.7 Å². The van der Waals surface area contributed by atoms with E-state index in [-0.39, 0.29) is 18.2 Å². The lowest BCUT2D eigenvalue weighted by atomic mass is 9.89. The van der Waals surface area contributed by atoms with E-state index >= 15 is 0 Å². The van der Waals surface area contributed by atoms with Gasteiger partial charge < -0.3 is 10.1 Å². The number of methoxy groups -OCH3 is 1. The zero-order chi connectivity index (χ0) is 19.2. The highest BCUT2D eigenvalue weighted by atomic mass is 19.1. The summed E-state index contributed by atoms with van der Waals surface area (Å²) in [5, 5.41) is 2.81. The third kappa shape index (κ3) is 2.85. The van der Waals surface area contributed by atoms with Gasteiger partial charge in [0.2, 0.25) is 0 Å². The van der Waals surface area contributed by atoms with Crippen molar-refractivity contribution in [3.63, 3.8) is 0 Å². The largest absolute Gasteiger partial charge is 0.494 e. The van der Waals surface area contributed by atoms with E-state index in [1.54, 1.807) is 13.0 Å². The summed E-state index contributed by atoms with van der Waals surface area (Å²) in [6.07, 6.45) is 3.17. The van der Waals surface area contributed by atoms with Crippen LogP contribution in [0.25, 0.3) is 0 Å². The van der Waals surface area contributed by atoms with Crippen molar-refractivity contribution in [1.82, 2.24) is 10.2 Å². The molecule has 5 nitrogen and oxygen atoms in total. The number of benzene rings is 2. The number of nitrogens with one attached hydrogen (secondary N) is 1. The Kier molecular flexibility index (Phi) is 4.13. The number of aryl methyl sites for hydroxylation is 2. The number of urea groups is 1. The lowest BCUT2D eigenvalue weighted by Gasteiger charge is -2.23. The predicted octanol–water partition coefficient (Wildman–Crippen LogP) is 3.29. The summed E-state index contributed by atoms with van der Waals surface area (Å²) in [6.45, 7) is 1.73. The number of carbonyl (C=O) groups excluding carboxylic acids is 2. The zero-order valence-corrected chi connectivity index (χ0v) is 15.3. The summed E-state index contributed by atoms with van der Waals surface area (Å²) in [5.41, 5.74) is 2.75. The standard InChI is InChI=1S/C21H21FN2O3/c1-21(16-8-7-14-4-3-5-15(14)11-16)19(25)24(20(26)23-21)12-13-6-9-18(27-2)17(22)10-13/h6-11H,3-5,12H2,1-2H3,(H,23,26). The van der Waals surface area contributed by atoms with Gasteiger partial charge in [-0.1, -0.05) is 24.3 Å². The number of carbonyl (C=O) groups is 2. The van der Waals surface area contributed by atoms with Gasteiger partial charge in [-0.15, -0.1) is 0 Å². The van der Waals surface area contributed by atoms with Crippen molar-refractivity contribution in [2.75, 3.05) is 7.11 Å². The van der Waals surface area contributed by atoms with E-state index in [1.165, 1.54) is 30.4 Å². The molecule has 3 amide bonds. The molecule has 1 fully saturated rings. The van der Waals surface area contributed by atoms with Crippen LogP contribution >= 0.6 is 0 Å². The SMILES string of the molecule is COc1ccc(CN2C(=O)NC(C)(c3ccc4c(c3)CCC4)C2=O)cc1F. The summed E-state index contributed by atoms with van der Waals surface area (Å²) in [6, 6.07) is 9.93. The Morgan fingerprint density at radius 2 is 1.93 bits per heavy atom. The highest BCUT2D eigenvalue weighted by Crippen LogP contribution is 2.33. The Morgan fingerprint density at radius 3 is 2.67 bits per heavy atom. The molecule has 4 rings (SSSR count). The first kappa shape index (κ1) is 17.5. The molecule has 1 heterocycles. The van der Waals surface area contributed by atoms with E-state index in [2.05, 4.69) is 5.32 Å². The van der Waals surface area contributed by atoms with Gasteiger partial charge in [0.1, 0.15) is 5.54 Å². The molecule has 0 aromatic heterocycles. The topological polar surface area (TPSA) is 58.6 Å². The molecule has 1 unspecified atom stereocenters. The molecule has 1 N–H and O–H groups in total. The van der Waals surface area contributed by atoms with Crippen LogP contribution < -0.4 is 10.1 Å². The number of ether oxygens (including phenoxy) is 1. The van der Waals surface area contributed by atoms with E-state index in [0.717, 1.165) is 29.7 Å². The Balaban J connectivity index is 1.61. The predicted molar refractivity (Wildman–Crippen MR) is 97.9 cm³/mol. The van der Waals surface area contributed by atoms with E-state index < -0.39 is 17.4 Å². The van der Waals surface area contributed by atoms with Crippen LogP contribution in [0.2, 0.25) is 0 Å². The molecule has 1 aliphatic heterocycles. The van der Waals surface area contributed by atoms with Crippen molar-refractivity contribution in [1.29, 1.82) is 0 Å². The smallest absolute Gasteiger partial charge is 0.325 e. The van der Waals surface area contributed by atoms with Crippen LogP contribution in [0.1, 0.15) is 35.6 Å². The van der Waals surface area contributed by atoms with E-state index in [4.69, 9.17) is 4.74 Å². The van der Waals surface area contributed by atoms with Gasteiger partial charge >= 0.3 is 6.03 Å². The number of nitrogens with zero attached hydrogens (tertiary/aromatic N) is 1. The summed E-state index contributed by atoms with van der Waals surface area (Å²) in [5.74, 6) is -0.732. The number of imide groups is 1. The van der Waals surface area contributed by atoms with Gasteiger partial charge in [-0.25, -0.2) is 9.18 Å². The number of amides is 3. The van der Waals surface area contributed by atoms with Gasteiger partial charge in [-0.3, -0.25) is 9.69 Å². The van der Waals surface area contributed by atoms with Crippen LogP contribution in [0.15, 0.2) is 36.4 Å². The molecule has 1 atom stereocenters. The van der Waals surface area contributed by atoms with Crippen molar-refractivity contribution in [2.24, 2.45) is 0 Å². The van der Waals surface area contributed by atoms with E-state index in [1.807, 2.05) is 18.2 Å². The van der Waals surface area contributed by atoms with Gasteiger partial charge in [0.25, 0.3) is 5.91 Å². The molecular formula is C21H21FN2O3. The average molecular weight is 368 g/mol. The minimum Gasteiger partial charge on any atom is -0.494 e. The fourth-order valence-corrected chi connectivity index (χ4v) is 3.91. The van der Waals surface area contributed by atoms with Gasteiger partial charge in [-0.05, 0) is 60.6 Å². The molecule has 27 heavy (non-hydrogen) atoms. The summed E-state index contributed by atoms with van der Waals surface area (Å²) >= 11 is 0. The highest BCUT2D eigenvalue weighted by molar-refractivity contribution is 6.07. The summed E-state index contributed by atoms with van der Waals surface area (Å²) in [4.78, 5) is 26.7. The highest BCUT2D eigenvalue weighted by Gasteiger charge is 2.49. The minimum atomic E-state index is -1.11. The second kappa shape index (κ2) is 6.37. The summed E-state index contributed by atoms with van der Waals surface area (Å²) < 4.78 is 18.8. The monoisotopic (exact) mass is 368 g/mol. The third-order valence-electron chi connectivity index (χ3n) is 5.51. The second-order valence-corrected chi connectivity index (χ2v) is 7.25. The molecule has 2 aliphatic rings. The zero-order valence-electron chi connectivity index (χ0n) is 15.3. The second-order valence-electron chi connectivity index (χ2n) is 7.25. The maximum atomic E-state index is 13.9. The van der Waals surface area contributed by atoms with E-state index in [0.29, 0.717) is 5.56 Å². The van der Waals surface area contributed by atoms with Crippen LogP contribution in [-0.4, -0.2) is 23.9 Å². The first-order valence-corrected chi connectivity index (χ1v) is 9.01. The molecule has 0 saturated carbocycles. The fourth-order valence-electron chi connectivity index (χ4n) is 3.91. The van der Waals surface area contributed by atoms with Crippen molar-refractivity contribution >= 4 is 11.9 Å². The van der Waals surface area contributed by atoms with Crippen LogP contribution in [0.5, 0.6) is 5.75 Å². The number of halogens is 1.